The Bertz CT molecular complexity index is 21.3. The van der Waals surface area contributed by atoms with Crippen LogP contribution in [-0.2, 0) is 126 Å². The molecular formula is Mo3P10Pt3-18. The fraction of sp³-hybridized carbons (Fsp3) is 0. The van der Waals surface area contributed by atoms with E-state index in [1.54, 1.807) is 0 Å². The molecule has 0 aromatic heterocycles. The van der Waals surface area contributed by atoms with Gasteiger partial charge in [-0.1, -0.05) is 0 Å². The molecule has 0 saturated carbocycles. The summed E-state index contributed by atoms with van der Waals surface area (Å²) in [6.45, 7) is 0. The Morgan fingerprint density at radius 2 is 0.188 bits per heavy atom. The number of rotatable bonds is 0. The Kier molecular flexibility index (Phi) is 1960. The summed E-state index contributed by atoms with van der Waals surface area (Å²) in [5.74, 6) is 0. The van der Waals surface area contributed by atoms with Crippen LogP contribution in [0.15, 0.2) is 0 Å². The van der Waals surface area contributed by atoms with Gasteiger partial charge >= 0.3 is 63.2 Å². The summed E-state index contributed by atoms with van der Waals surface area (Å²) in [4.78, 5) is 0. The zero-order valence-electron chi connectivity index (χ0n) is 6.65. The van der Waals surface area contributed by atoms with Crippen LogP contribution in [0.25, 0.3) is 0 Å². The van der Waals surface area contributed by atoms with Crippen molar-refractivity contribution in [2.75, 3.05) is 0 Å². The van der Waals surface area contributed by atoms with Gasteiger partial charge in [0, 0.05) is 63.2 Å². The minimum Gasteiger partial charge on any atom is -3.00 e. The molecule has 16 heteroatoms. The summed E-state index contributed by atoms with van der Waals surface area (Å²) < 4.78 is 0. The van der Waals surface area contributed by atoms with Crippen molar-refractivity contribution < 1.29 is 126 Å². The third kappa shape index (κ3) is 145. The predicted molar refractivity (Wildman–Crippen MR) is 69.2 cm³/mol. The van der Waals surface area contributed by atoms with Crippen molar-refractivity contribution in [2.24, 2.45) is 0 Å². The van der Waals surface area contributed by atoms with Gasteiger partial charge in [-0.05, 0) is 0 Å². The molecule has 0 N–H and O–H groups in total. The maximum atomic E-state index is 0. The van der Waals surface area contributed by atoms with Crippen molar-refractivity contribution in [1.29, 1.82) is 0 Å². The molecule has 0 aromatic rings. The van der Waals surface area contributed by atoms with Gasteiger partial charge in [-0.25, -0.2) is 0 Å². The molecule has 0 bridgehead atoms. The monoisotopic (exact) mass is 1190 g/mol. The zero-order chi connectivity index (χ0) is 0. The normalized spacial score (nSPS) is 0. The van der Waals surface area contributed by atoms with Gasteiger partial charge in [0.15, 0.2) is 0 Å². The van der Waals surface area contributed by atoms with Crippen molar-refractivity contribution in [3.05, 3.63) is 0 Å². The summed E-state index contributed by atoms with van der Waals surface area (Å²) in [5, 5.41) is 0. The molecule has 0 heterocycles. The van der Waals surface area contributed by atoms with E-state index < -0.39 is 0 Å². The smallest absolute Gasteiger partial charge is 3.00 e. The molecule has 0 aliphatic heterocycles. The van der Waals surface area contributed by atoms with Crippen LogP contribution in [0.5, 0.6) is 0 Å². The van der Waals surface area contributed by atoms with Crippen LogP contribution in [0, 0.1) is 0 Å². The largest absolute Gasteiger partial charge is 4.00 e. The van der Waals surface area contributed by atoms with Crippen LogP contribution in [0.4, 0.5) is 0 Å². The molecule has 0 aliphatic carbocycles. The van der Waals surface area contributed by atoms with E-state index in [1.165, 1.54) is 0 Å². The molecule has 0 radical (unpaired) electrons. The van der Waals surface area contributed by atoms with Crippen molar-refractivity contribution in [3.8, 4) is 0 Å². The molecule has 0 spiro atoms. The van der Waals surface area contributed by atoms with E-state index in [0.29, 0.717) is 0 Å². The second kappa shape index (κ2) is 166. The fourth-order valence-corrected chi connectivity index (χ4v) is 0. The molecular weight excluding hydrogens is 1180 g/mol. The van der Waals surface area contributed by atoms with Crippen LogP contribution < -0.4 is 0 Å². The standard InChI is InChI=1S/3Mo.10P.3Pt/q;;;10*-3;3*+4. The molecule has 0 fully saturated rings. The number of hydrogen-bond donors (Lipinski definition) is 0. The van der Waals surface area contributed by atoms with E-state index >= 15 is 0 Å². The molecule has 116 valence electrons. The van der Waals surface area contributed by atoms with Gasteiger partial charge in [-0.3, -0.25) is 0 Å². The van der Waals surface area contributed by atoms with Crippen molar-refractivity contribution >= 4 is 99.0 Å². The quantitative estimate of drug-likeness (QED) is 0.169. The molecule has 16 heavy (non-hydrogen) atoms. The van der Waals surface area contributed by atoms with Gasteiger partial charge in [0.1, 0.15) is 0 Å². The average molecular weight is 1180 g/mol. The maximum Gasteiger partial charge on any atom is 4.00 e. The molecule has 0 amide bonds. The summed E-state index contributed by atoms with van der Waals surface area (Å²) in [7, 11) is 0. The molecule has 0 aliphatic rings. The first-order chi connectivity index (χ1) is 0. The SMILES string of the molecule is [Mo].[Mo].[Mo].[P-3].[P-3].[P-3].[P-3].[P-3].[P-3].[P-3].[P-3].[P-3].[P-3].[Pt+4].[Pt+4].[Pt+4]. The minimum absolute atomic E-state index is 0. The second-order valence-corrected chi connectivity index (χ2v) is 0. The van der Waals surface area contributed by atoms with Crippen LogP contribution >= 0.6 is 99.0 Å². The Morgan fingerprint density at radius 1 is 0.188 bits per heavy atom. The van der Waals surface area contributed by atoms with E-state index in [9.17, 15) is 0 Å². The maximum absolute atomic E-state index is 0. The molecule has 0 rings (SSSR count). The van der Waals surface area contributed by atoms with E-state index in [4.69, 9.17) is 0 Å². The van der Waals surface area contributed by atoms with Crippen LogP contribution in [0.3, 0.4) is 0 Å². The third-order valence-electron chi connectivity index (χ3n) is 0. The summed E-state index contributed by atoms with van der Waals surface area (Å²) in [6, 6.07) is 0. The van der Waals surface area contributed by atoms with Crippen LogP contribution in [-0.4, -0.2) is 0 Å². The second-order valence-electron chi connectivity index (χ2n) is 0. The third-order valence-corrected chi connectivity index (χ3v) is 0. The molecule has 0 saturated heterocycles. The Morgan fingerprint density at radius 3 is 0.188 bits per heavy atom. The van der Waals surface area contributed by atoms with Gasteiger partial charge < -0.3 is 99.0 Å². The molecule has 0 aromatic carbocycles. The van der Waals surface area contributed by atoms with Crippen molar-refractivity contribution in [3.63, 3.8) is 0 Å². The van der Waals surface area contributed by atoms with Gasteiger partial charge in [-0.2, -0.15) is 0 Å². The van der Waals surface area contributed by atoms with Crippen molar-refractivity contribution in [1.82, 2.24) is 0 Å². The van der Waals surface area contributed by atoms with E-state index in [0.717, 1.165) is 0 Å². The van der Waals surface area contributed by atoms with Gasteiger partial charge in [-0.15, -0.1) is 0 Å². The van der Waals surface area contributed by atoms with Crippen molar-refractivity contribution in [2.45, 2.75) is 0 Å². The topological polar surface area (TPSA) is 0 Å². The number of hydrogen-bond acceptors (Lipinski definition) is 0. The molecule has 0 atom stereocenters. The van der Waals surface area contributed by atoms with Crippen LogP contribution in [0.2, 0.25) is 0 Å². The molecule has 0 nitrogen and oxygen atoms in total. The van der Waals surface area contributed by atoms with E-state index in [2.05, 4.69) is 0 Å². The van der Waals surface area contributed by atoms with E-state index in [-0.39, 0.29) is 225 Å². The van der Waals surface area contributed by atoms with E-state index in [1.807, 2.05) is 0 Å². The summed E-state index contributed by atoms with van der Waals surface area (Å²) >= 11 is 0. The van der Waals surface area contributed by atoms with Gasteiger partial charge in [0.2, 0.25) is 0 Å². The summed E-state index contributed by atoms with van der Waals surface area (Å²) in [5.41, 5.74) is 0. The zero-order valence-corrected chi connectivity index (χ0v) is 28.4. The first-order valence-electron chi connectivity index (χ1n) is 0. The average Bonchev–Trinajstić information content (AvgIpc) is 0. The fourth-order valence-electron chi connectivity index (χ4n) is 0. The predicted octanol–water partition coefficient (Wildman–Crippen LogP) is 8.60. The van der Waals surface area contributed by atoms with Gasteiger partial charge in [0.25, 0.3) is 0 Å². The van der Waals surface area contributed by atoms with Gasteiger partial charge in [0.05, 0.1) is 0 Å². The first-order valence-corrected chi connectivity index (χ1v) is 0. The molecule has 0 unspecified atom stereocenters. The minimum atomic E-state index is 0. The first kappa shape index (κ1) is 189. The Balaban J connectivity index is 0. The summed E-state index contributed by atoms with van der Waals surface area (Å²) in [6.07, 6.45) is 0. The Labute approximate surface area is 221 Å². The Hall–Kier alpha value is 8.43. The van der Waals surface area contributed by atoms with Crippen LogP contribution in [0.1, 0.15) is 0 Å².